The molecule has 2 rings (SSSR count). The molecule has 2 aromatic rings. The number of carbonyl (C=O) groups is 1. The van der Waals surface area contributed by atoms with Gasteiger partial charge in [-0.3, -0.25) is 4.79 Å². The highest BCUT2D eigenvalue weighted by Crippen LogP contribution is 2.14. The normalized spacial score (nSPS) is 10.1. The molecule has 1 amide bonds. The van der Waals surface area contributed by atoms with Crippen molar-refractivity contribution in [3.63, 3.8) is 0 Å². The minimum absolute atomic E-state index is 0.0892. The minimum atomic E-state index is -0.0892. The van der Waals surface area contributed by atoms with Gasteiger partial charge >= 0.3 is 0 Å². The first-order valence-corrected chi connectivity index (χ1v) is 7.08. The van der Waals surface area contributed by atoms with Crippen molar-refractivity contribution in [1.29, 1.82) is 0 Å². The van der Waals surface area contributed by atoms with Gasteiger partial charge < -0.3 is 10.1 Å². The van der Waals surface area contributed by atoms with Gasteiger partial charge in [-0.2, -0.15) is 12.6 Å². The zero-order chi connectivity index (χ0) is 14.2. The number of thiol groups is 1. The van der Waals surface area contributed by atoms with Crippen LogP contribution in [0.5, 0.6) is 5.75 Å². The van der Waals surface area contributed by atoms with Gasteiger partial charge in [0.15, 0.2) is 0 Å². The number of carbonyl (C=O) groups excluding carboxylic acids is 1. The van der Waals surface area contributed by atoms with Gasteiger partial charge in [0.1, 0.15) is 12.4 Å². The maximum Gasteiger partial charge on any atom is 0.251 e. The first kappa shape index (κ1) is 14.5. The number of nitrogens with one attached hydrogen (secondary N) is 1. The lowest BCUT2D eigenvalue weighted by Crippen LogP contribution is -2.25. The standard InChI is InChI=1S/C16H17NO2S/c18-16(17-10-11-20)14-6-8-15(9-7-14)19-12-13-4-2-1-3-5-13/h1-9,20H,10-12H2,(H,17,18). The molecule has 104 valence electrons. The van der Waals surface area contributed by atoms with Crippen LogP contribution in [-0.2, 0) is 6.61 Å². The third kappa shape index (κ3) is 4.31. The Balaban J connectivity index is 1.90. The van der Waals surface area contributed by atoms with Gasteiger partial charge in [-0.05, 0) is 29.8 Å². The summed E-state index contributed by atoms with van der Waals surface area (Å²) in [5, 5.41) is 2.77. The van der Waals surface area contributed by atoms with Gasteiger partial charge in [0.25, 0.3) is 5.91 Å². The topological polar surface area (TPSA) is 38.3 Å². The monoisotopic (exact) mass is 287 g/mol. The van der Waals surface area contributed by atoms with E-state index in [0.717, 1.165) is 11.3 Å². The molecule has 1 N–H and O–H groups in total. The summed E-state index contributed by atoms with van der Waals surface area (Å²) in [4.78, 5) is 11.7. The van der Waals surface area contributed by atoms with E-state index >= 15 is 0 Å². The van der Waals surface area contributed by atoms with Crippen LogP contribution >= 0.6 is 12.6 Å². The van der Waals surface area contributed by atoms with Crippen LogP contribution < -0.4 is 10.1 Å². The Morgan fingerprint density at radius 1 is 1.05 bits per heavy atom. The summed E-state index contributed by atoms with van der Waals surface area (Å²) < 4.78 is 5.66. The van der Waals surface area contributed by atoms with Gasteiger partial charge in [-0.25, -0.2) is 0 Å². The maximum absolute atomic E-state index is 11.7. The average Bonchev–Trinajstić information content (AvgIpc) is 2.52. The van der Waals surface area contributed by atoms with E-state index < -0.39 is 0 Å². The van der Waals surface area contributed by atoms with E-state index in [9.17, 15) is 4.79 Å². The van der Waals surface area contributed by atoms with Crippen LogP contribution in [0.15, 0.2) is 54.6 Å². The molecule has 0 saturated carbocycles. The van der Waals surface area contributed by atoms with Gasteiger partial charge in [-0.15, -0.1) is 0 Å². The number of ether oxygens (including phenoxy) is 1. The predicted octanol–water partition coefficient (Wildman–Crippen LogP) is 2.93. The summed E-state index contributed by atoms with van der Waals surface area (Å²) >= 11 is 4.05. The van der Waals surface area contributed by atoms with Gasteiger partial charge in [0.05, 0.1) is 0 Å². The molecule has 0 unspecified atom stereocenters. The van der Waals surface area contributed by atoms with E-state index in [2.05, 4.69) is 17.9 Å². The van der Waals surface area contributed by atoms with Gasteiger partial charge in [0, 0.05) is 17.9 Å². The Labute approximate surface area is 124 Å². The fraction of sp³-hybridized carbons (Fsp3) is 0.188. The lowest BCUT2D eigenvalue weighted by molar-refractivity contribution is 0.0956. The van der Waals surface area contributed by atoms with Crippen LogP contribution in [0.1, 0.15) is 15.9 Å². The van der Waals surface area contributed by atoms with E-state index in [-0.39, 0.29) is 5.91 Å². The van der Waals surface area contributed by atoms with Gasteiger partial charge in [0.2, 0.25) is 0 Å². The second-order valence-corrected chi connectivity index (χ2v) is 4.73. The summed E-state index contributed by atoms with van der Waals surface area (Å²) in [7, 11) is 0. The highest BCUT2D eigenvalue weighted by Gasteiger charge is 2.04. The molecule has 4 heteroatoms. The molecular weight excluding hydrogens is 270 g/mol. The highest BCUT2D eigenvalue weighted by atomic mass is 32.1. The Morgan fingerprint density at radius 3 is 2.40 bits per heavy atom. The zero-order valence-electron chi connectivity index (χ0n) is 11.1. The molecule has 0 fully saturated rings. The first-order valence-electron chi connectivity index (χ1n) is 6.45. The van der Waals surface area contributed by atoms with Crippen molar-refractivity contribution in [1.82, 2.24) is 5.32 Å². The van der Waals surface area contributed by atoms with E-state index in [1.807, 2.05) is 30.3 Å². The third-order valence-electron chi connectivity index (χ3n) is 2.76. The second kappa shape index (κ2) is 7.60. The molecule has 0 radical (unpaired) electrons. The van der Waals surface area contributed by atoms with Crippen LogP contribution in [0.4, 0.5) is 0 Å². The lowest BCUT2D eigenvalue weighted by atomic mass is 10.2. The van der Waals surface area contributed by atoms with Crippen LogP contribution in [-0.4, -0.2) is 18.2 Å². The van der Waals surface area contributed by atoms with Crippen LogP contribution in [0.2, 0.25) is 0 Å². The summed E-state index contributed by atoms with van der Waals surface area (Å²) in [6.45, 7) is 1.08. The Hall–Kier alpha value is -1.94. The second-order valence-electron chi connectivity index (χ2n) is 4.28. The van der Waals surface area contributed by atoms with Crippen molar-refractivity contribution >= 4 is 18.5 Å². The largest absolute Gasteiger partial charge is 0.489 e. The van der Waals surface area contributed by atoms with Crippen molar-refractivity contribution in [2.45, 2.75) is 6.61 Å². The molecule has 0 heterocycles. The van der Waals surface area contributed by atoms with Crippen molar-refractivity contribution in [3.8, 4) is 5.75 Å². The molecule has 0 atom stereocenters. The molecule has 0 aliphatic carbocycles. The van der Waals surface area contributed by atoms with Crippen LogP contribution in [0.3, 0.4) is 0 Å². The van der Waals surface area contributed by atoms with Crippen molar-refractivity contribution in [2.24, 2.45) is 0 Å². The lowest BCUT2D eigenvalue weighted by Gasteiger charge is -2.07. The Morgan fingerprint density at radius 2 is 1.75 bits per heavy atom. The first-order chi connectivity index (χ1) is 9.79. The maximum atomic E-state index is 11.7. The SMILES string of the molecule is O=C(NCCS)c1ccc(OCc2ccccc2)cc1. The fourth-order valence-corrected chi connectivity index (χ4v) is 1.83. The molecule has 3 nitrogen and oxygen atoms in total. The van der Waals surface area contributed by atoms with Crippen LogP contribution in [0.25, 0.3) is 0 Å². The minimum Gasteiger partial charge on any atom is -0.489 e. The molecule has 2 aromatic carbocycles. The Bertz CT molecular complexity index is 540. The van der Waals surface area contributed by atoms with E-state index in [1.165, 1.54) is 0 Å². The highest BCUT2D eigenvalue weighted by molar-refractivity contribution is 7.80. The molecule has 20 heavy (non-hydrogen) atoms. The molecule has 0 aliphatic rings. The molecule has 0 saturated heterocycles. The summed E-state index contributed by atoms with van der Waals surface area (Å²) in [5.74, 6) is 1.29. The Kier molecular flexibility index (Phi) is 5.50. The number of rotatable bonds is 6. The molecule has 0 bridgehead atoms. The fourth-order valence-electron chi connectivity index (χ4n) is 1.71. The van der Waals surface area contributed by atoms with Crippen molar-refractivity contribution in [3.05, 3.63) is 65.7 Å². The molecular formula is C16H17NO2S. The smallest absolute Gasteiger partial charge is 0.251 e. The van der Waals surface area contributed by atoms with Crippen molar-refractivity contribution < 1.29 is 9.53 Å². The van der Waals surface area contributed by atoms with Crippen LogP contribution in [0, 0.1) is 0 Å². The molecule has 0 spiro atoms. The van der Waals surface area contributed by atoms with Crippen molar-refractivity contribution in [2.75, 3.05) is 12.3 Å². The molecule has 0 aliphatic heterocycles. The summed E-state index contributed by atoms with van der Waals surface area (Å²) in [6, 6.07) is 17.1. The van der Waals surface area contributed by atoms with Gasteiger partial charge in [-0.1, -0.05) is 30.3 Å². The average molecular weight is 287 g/mol. The van der Waals surface area contributed by atoms with E-state index in [4.69, 9.17) is 4.74 Å². The number of hydrogen-bond acceptors (Lipinski definition) is 3. The zero-order valence-corrected chi connectivity index (χ0v) is 12.0. The number of hydrogen-bond donors (Lipinski definition) is 2. The third-order valence-corrected chi connectivity index (χ3v) is 2.99. The number of benzene rings is 2. The molecule has 0 aromatic heterocycles. The predicted molar refractivity (Wildman–Crippen MR) is 83.4 cm³/mol. The van der Waals surface area contributed by atoms with E-state index in [1.54, 1.807) is 24.3 Å². The summed E-state index contributed by atoms with van der Waals surface area (Å²) in [6.07, 6.45) is 0. The quantitative estimate of drug-likeness (QED) is 0.802. The summed E-state index contributed by atoms with van der Waals surface area (Å²) in [5.41, 5.74) is 1.74. The number of amides is 1. The van der Waals surface area contributed by atoms with E-state index in [0.29, 0.717) is 24.5 Å².